The average molecular weight is 255 g/mol. The van der Waals surface area contributed by atoms with Gasteiger partial charge in [-0.05, 0) is 19.4 Å². The lowest BCUT2D eigenvalue weighted by molar-refractivity contribution is 0.123. The molecule has 104 valence electrons. The molecule has 5 heteroatoms. The highest BCUT2D eigenvalue weighted by molar-refractivity contribution is 5.28. The first kappa shape index (κ1) is 15.0. The van der Waals surface area contributed by atoms with Gasteiger partial charge in [0.15, 0.2) is 5.75 Å². The molecule has 1 atom stereocenters. The molecule has 0 aliphatic heterocycles. The van der Waals surface area contributed by atoms with Crippen LogP contribution in [0, 0.1) is 0 Å². The SMILES string of the molecule is CCCOCCC(NCC)c1c(OC)cnn1C. The number of hydrogen-bond acceptors (Lipinski definition) is 4. The zero-order chi connectivity index (χ0) is 13.4. The summed E-state index contributed by atoms with van der Waals surface area (Å²) in [4.78, 5) is 0. The highest BCUT2D eigenvalue weighted by Crippen LogP contribution is 2.26. The molecule has 5 nitrogen and oxygen atoms in total. The minimum atomic E-state index is 0.217. The molecule has 0 aromatic carbocycles. The number of hydrogen-bond donors (Lipinski definition) is 1. The van der Waals surface area contributed by atoms with Crippen LogP contribution in [-0.2, 0) is 11.8 Å². The lowest BCUT2D eigenvalue weighted by atomic mass is 10.1. The van der Waals surface area contributed by atoms with Crippen molar-refractivity contribution >= 4 is 0 Å². The third kappa shape index (κ3) is 3.99. The summed E-state index contributed by atoms with van der Waals surface area (Å²) in [5.41, 5.74) is 1.08. The summed E-state index contributed by atoms with van der Waals surface area (Å²) in [6.45, 7) is 6.70. The summed E-state index contributed by atoms with van der Waals surface area (Å²) in [7, 11) is 3.62. The van der Waals surface area contributed by atoms with Crippen molar-refractivity contribution in [1.82, 2.24) is 15.1 Å². The molecule has 1 unspecified atom stereocenters. The minimum Gasteiger partial charge on any atom is -0.493 e. The standard InChI is InChI=1S/C13H25N3O2/c1-5-8-18-9-7-11(14-6-2)13-12(17-4)10-15-16(13)3/h10-11,14H,5-9H2,1-4H3. The van der Waals surface area contributed by atoms with Crippen LogP contribution in [0.4, 0.5) is 0 Å². The van der Waals surface area contributed by atoms with Crippen LogP contribution in [0.1, 0.15) is 38.4 Å². The van der Waals surface area contributed by atoms with E-state index in [1.165, 1.54) is 0 Å². The molecule has 1 aromatic heterocycles. The molecular weight excluding hydrogens is 230 g/mol. The van der Waals surface area contributed by atoms with Gasteiger partial charge in [0, 0.05) is 20.3 Å². The van der Waals surface area contributed by atoms with E-state index in [2.05, 4.69) is 24.3 Å². The summed E-state index contributed by atoms with van der Waals surface area (Å²) in [6, 6.07) is 0.217. The Morgan fingerprint density at radius 1 is 1.39 bits per heavy atom. The fourth-order valence-corrected chi connectivity index (χ4v) is 2.01. The molecule has 0 amide bonds. The molecule has 1 aromatic rings. The van der Waals surface area contributed by atoms with E-state index >= 15 is 0 Å². The molecule has 0 aliphatic rings. The van der Waals surface area contributed by atoms with Gasteiger partial charge < -0.3 is 14.8 Å². The van der Waals surface area contributed by atoms with Crippen molar-refractivity contribution in [2.24, 2.45) is 7.05 Å². The highest BCUT2D eigenvalue weighted by Gasteiger charge is 2.19. The van der Waals surface area contributed by atoms with E-state index in [4.69, 9.17) is 9.47 Å². The first-order valence-corrected chi connectivity index (χ1v) is 6.61. The Balaban J connectivity index is 2.67. The number of nitrogens with one attached hydrogen (secondary N) is 1. The van der Waals surface area contributed by atoms with Crippen molar-refractivity contribution in [3.05, 3.63) is 11.9 Å². The van der Waals surface area contributed by atoms with Gasteiger partial charge in [-0.15, -0.1) is 0 Å². The number of methoxy groups -OCH3 is 1. The molecule has 1 heterocycles. The number of aryl methyl sites for hydroxylation is 1. The molecule has 18 heavy (non-hydrogen) atoms. The van der Waals surface area contributed by atoms with Gasteiger partial charge in [-0.3, -0.25) is 4.68 Å². The maximum absolute atomic E-state index is 5.56. The van der Waals surface area contributed by atoms with Crippen LogP contribution < -0.4 is 10.1 Å². The second-order valence-corrected chi connectivity index (χ2v) is 4.23. The zero-order valence-corrected chi connectivity index (χ0v) is 11.9. The predicted octanol–water partition coefficient (Wildman–Crippen LogP) is 1.90. The van der Waals surface area contributed by atoms with Gasteiger partial charge in [-0.1, -0.05) is 13.8 Å². The van der Waals surface area contributed by atoms with Crippen LogP contribution in [0.25, 0.3) is 0 Å². The monoisotopic (exact) mass is 255 g/mol. The predicted molar refractivity (Wildman–Crippen MR) is 71.9 cm³/mol. The van der Waals surface area contributed by atoms with E-state index in [0.717, 1.165) is 44.0 Å². The molecule has 0 aliphatic carbocycles. The second-order valence-electron chi connectivity index (χ2n) is 4.23. The van der Waals surface area contributed by atoms with Gasteiger partial charge in [0.2, 0.25) is 0 Å². The summed E-state index contributed by atoms with van der Waals surface area (Å²) < 4.78 is 12.8. The van der Waals surface area contributed by atoms with Crippen LogP contribution in [0.5, 0.6) is 5.75 Å². The van der Waals surface area contributed by atoms with Crippen LogP contribution in [0.2, 0.25) is 0 Å². The summed E-state index contributed by atoms with van der Waals surface area (Å²) >= 11 is 0. The number of aromatic nitrogens is 2. The Morgan fingerprint density at radius 2 is 2.17 bits per heavy atom. The first-order valence-electron chi connectivity index (χ1n) is 6.61. The van der Waals surface area contributed by atoms with E-state index < -0.39 is 0 Å². The lowest BCUT2D eigenvalue weighted by Gasteiger charge is -2.19. The van der Waals surface area contributed by atoms with E-state index in [1.807, 2.05) is 11.7 Å². The molecule has 1 N–H and O–H groups in total. The highest BCUT2D eigenvalue weighted by atomic mass is 16.5. The summed E-state index contributed by atoms with van der Waals surface area (Å²) in [5, 5.41) is 7.70. The summed E-state index contributed by atoms with van der Waals surface area (Å²) in [5.74, 6) is 0.832. The van der Waals surface area contributed by atoms with E-state index in [-0.39, 0.29) is 6.04 Å². The quantitative estimate of drug-likeness (QED) is 0.685. The molecular formula is C13H25N3O2. The normalized spacial score (nSPS) is 12.7. The molecule has 0 spiro atoms. The van der Waals surface area contributed by atoms with Gasteiger partial charge >= 0.3 is 0 Å². The molecule has 0 saturated heterocycles. The van der Waals surface area contributed by atoms with E-state index in [0.29, 0.717) is 0 Å². The molecule has 0 bridgehead atoms. The molecule has 0 fully saturated rings. The Morgan fingerprint density at radius 3 is 2.78 bits per heavy atom. The molecule has 1 rings (SSSR count). The van der Waals surface area contributed by atoms with Crippen molar-refractivity contribution in [1.29, 1.82) is 0 Å². The van der Waals surface area contributed by atoms with Crippen molar-refractivity contribution in [2.75, 3.05) is 26.9 Å². The Bertz CT molecular complexity index is 339. The smallest absolute Gasteiger partial charge is 0.161 e. The van der Waals surface area contributed by atoms with E-state index in [1.54, 1.807) is 13.3 Å². The van der Waals surface area contributed by atoms with Crippen LogP contribution in [0.3, 0.4) is 0 Å². The van der Waals surface area contributed by atoms with Gasteiger partial charge in [-0.2, -0.15) is 5.10 Å². The van der Waals surface area contributed by atoms with Gasteiger partial charge in [-0.25, -0.2) is 0 Å². The largest absolute Gasteiger partial charge is 0.493 e. The second kappa shape index (κ2) is 8.11. The first-order chi connectivity index (χ1) is 8.74. The van der Waals surface area contributed by atoms with Crippen LogP contribution in [-0.4, -0.2) is 36.6 Å². The zero-order valence-electron chi connectivity index (χ0n) is 11.9. The molecule has 0 saturated carbocycles. The topological polar surface area (TPSA) is 48.3 Å². The number of ether oxygens (including phenoxy) is 2. The summed E-state index contributed by atoms with van der Waals surface area (Å²) in [6.07, 6.45) is 3.73. The minimum absolute atomic E-state index is 0.217. The van der Waals surface area contributed by atoms with Gasteiger partial charge in [0.1, 0.15) is 0 Å². The third-order valence-electron chi connectivity index (χ3n) is 2.85. The Hall–Kier alpha value is -1.07. The Kier molecular flexibility index (Phi) is 6.75. The maximum Gasteiger partial charge on any atom is 0.161 e. The van der Waals surface area contributed by atoms with Crippen LogP contribution in [0.15, 0.2) is 6.20 Å². The maximum atomic E-state index is 5.56. The Labute approximate surface area is 109 Å². The van der Waals surface area contributed by atoms with E-state index in [9.17, 15) is 0 Å². The number of rotatable bonds is 9. The van der Waals surface area contributed by atoms with Crippen molar-refractivity contribution in [3.8, 4) is 5.75 Å². The van der Waals surface area contributed by atoms with Crippen molar-refractivity contribution < 1.29 is 9.47 Å². The lowest BCUT2D eigenvalue weighted by Crippen LogP contribution is -2.25. The van der Waals surface area contributed by atoms with Crippen molar-refractivity contribution in [2.45, 2.75) is 32.7 Å². The number of nitrogens with zero attached hydrogens (tertiary/aromatic N) is 2. The molecule has 0 radical (unpaired) electrons. The fourth-order valence-electron chi connectivity index (χ4n) is 2.01. The third-order valence-corrected chi connectivity index (χ3v) is 2.85. The van der Waals surface area contributed by atoms with Gasteiger partial charge in [0.25, 0.3) is 0 Å². The van der Waals surface area contributed by atoms with Gasteiger partial charge in [0.05, 0.1) is 25.0 Å². The fraction of sp³-hybridized carbons (Fsp3) is 0.769. The average Bonchev–Trinajstić information content (AvgIpc) is 2.74. The van der Waals surface area contributed by atoms with Crippen molar-refractivity contribution in [3.63, 3.8) is 0 Å². The van der Waals surface area contributed by atoms with Crippen LogP contribution >= 0.6 is 0 Å².